The second-order valence-corrected chi connectivity index (χ2v) is 4.58. The van der Waals surface area contributed by atoms with Crippen LogP contribution in [0.25, 0.3) is 0 Å². The van der Waals surface area contributed by atoms with E-state index in [1.165, 1.54) is 0 Å². The molecule has 1 rings (SSSR count). The first-order valence-corrected chi connectivity index (χ1v) is 5.76. The molecule has 4 heteroatoms. The molecule has 0 radical (unpaired) electrons. The van der Waals surface area contributed by atoms with Crippen LogP contribution in [0.2, 0.25) is 0 Å². The van der Waals surface area contributed by atoms with Crippen LogP contribution in [-0.2, 0) is 16.3 Å². The van der Waals surface area contributed by atoms with E-state index >= 15 is 0 Å². The summed E-state index contributed by atoms with van der Waals surface area (Å²) < 4.78 is 15.1. The number of hydrogen-bond acceptors (Lipinski definition) is 2. The lowest BCUT2D eigenvalue weighted by Crippen LogP contribution is -2.11. The highest BCUT2D eigenvalue weighted by Crippen LogP contribution is 2.10. The smallest absolute Gasteiger partial charge is 0.147 e. The van der Waals surface area contributed by atoms with Crippen LogP contribution in [0, 0.1) is 12.5 Å². The van der Waals surface area contributed by atoms with Gasteiger partial charge in [0.05, 0.1) is 4.90 Å². The maximum absolute atomic E-state index is 11.7. The van der Waals surface area contributed by atoms with Crippen molar-refractivity contribution in [3.05, 3.63) is 29.8 Å². The number of terminal acetylenes is 1. The van der Waals surface area contributed by atoms with Crippen LogP contribution in [0.3, 0.4) is 0 Å². The zero-order valence-electron chi connectivity index (χ0n) is 7.93. The molecule has 0 aliphatic heterocycles. The van der Waals surface area contributed by atoms with Gasteiger partial charge < -0.3 is 0 Å². The minimum Gasteiger partial charge on any atom is -0.240 e. The Hall–Kier alpha value is -1.31. The van der Waals surface area contributed by atoms with Crippen molar-refractivity contribution in [2.24, 2.45) is 9.50 Å². The molecule has 1 aromatic rings. The topological polar surface area (TPSA) is 55.4 Å². The van der Waals surface area contributed by atoms with Crippen molar-refractivity contribution in [3.63, 3.8) is 0 Å². The van der Waals surface area contributed by atoms with E-state index in [-0.39, 0.29) is 0 Å². The number of hydrogen-bond donors (Lipinski definition) is 1. The molecular weight excluding hydrogens is 196 g/mol. The van der Waals surface area contributed by atoms with Gasteiger partial charge in [0.15, 0.2) is 0 Å². The molecule has 2 N–H and O–H groups in total. The molecule has 0 spiro atoms. The van der Waals surface area contributed by atoms with Gasteiger partial charge in [-0.05, 0) is 24.1 Å². The number of rotatable bonds is 2. The van der Waals surface area contributed by atoms with Crippen molar-refractivity contribution >= 4 is 9.92 Å². The molecule has 0 heterocycles. The Morgan fingerprint density at radius 1 is 1.50 bits per heavy atom. The molecule has 74 valence electrons. The molecule has 3 nitrogen and oxygen atoms in total. The fourth-order valence-electron chi connectivity index (χ4n) is 1.05. The highest BCUT2D eigenvalue weighted by Gasteiger charge is 2.04. The largest absolute Gasteiger partial charge is 0.240 e. The molecule has 0 amide bonds. The number of aryl methyl sites for hydroxylation is 1. The second-order valence-electron chi connectivity index (χ2n) is 2.79. The third kappa shape index (κ3) is 2.34. The van der Waals surface area contributed by atoms with Crippen molar-refractivity contribution in [1.82, 2.24) is 0 Å². The van der Waals surface area contributed by atoms with E-state index < -0.39 is 9.92 Å². The molecule has 1 aromatic carbocycles. The van der Waals surface area contributed by atoms with Gasteiger partial charge in [-0.25, -0.2) is 9.35 Å². The normalized spacial score (nSPS) is 14.1. The molecule has 0 aromatic heterocycles. The molecule has 1 unspecified atom stereocenters. The first kappa shape index (κ1) is 10.8. The third-order valence-electron chi connectivity index (χ3n) is 1.86. The van der Waals surface area contributed by atoms with E-state index in [9.17, 15) is 4.21 Å². The van der Waals surface area contributed by atoms with Crippen molar-refractivity contribution in [1.29, 1.82) is 0 Å². The van der Waals surface area contributed by atoms with Gasteiger partial charge in [-0.1, -0.05) is 25.5 Å². The SMILES string of the molecule is C#CN=S(N)(=O)c1ccc(CC)cc1. The van der Waals surface area contributed by atoms with Gasteiger partial charge in [0.1, 0.15) is 9.92 Å². The summed E-state index contributed by atoms with van der Waals surface area (Å²) in [4.78, 5) is 0.465. The van der Waals surface area contributed by atoms with Crippen molar-refractivity contribution in [3.8, 4) is 12.5 Å². The number of nitrogens with two attached hydrogens (primary N) is 1. The summed E-state index contributed by atoms with van der Waals surface area (Å²) in [6, 6.07) is 9.09. The van der Waals surface area contributed by atoms with Gasteiger partial charge in [0.25, 0.3) is 0 Å². The maximum atomic E-state index is 11.7. The van der Waals surface area contributed by atoms with Gasteiger partial charge in [-0.3, -0.25) is 0 Å². The Morgan fingerprint density at radius 3 is 2.50 bits per heavy atom. The standard InChI is InChI=1S/C10H12N2OS/c1-3-9-5-7-10(8-6-9)14(11,13)12-4-2/h2,5-8H,3H2,1H3,(H2,11,12,13). The monoisotopic (exact) mass is 208 g/mol. The number of nitrogens with zero attached hydrogens (tertiary/aromatic N) is 1. The fraction of sp³-hybridized carbons (Fsp3) is 0.200. The highest BCUT2D eigenvalue weighted by molar-refractivity contribution is 7.91. The molecular formula is C10H12N2OS. The van der Waals surface area contributed by atoms with Gasteiger partial charge in [-0.2, -0.15) is 0 Å². The Labute approximate surface area is 84.6 Å². The van der Waals surface area contributed by atoms with Crippen molar-refractivity contribution in [2.75, 3.05) is 0 Å². The fourth-order valence-corrected chi connectivity index (χ4v) is 1.84. The zero-order chi connectivity index (χ0) is 10.6. The summed E-state index contributed by atoms with van der Waals surface area (Å²) in [6.45, 7) is 2.04. The third-order valence-corrected chi connectivity index (χ3v) is 3.18. The Morgan fingerprint density at radius 2 is 2.07 bits per heavy atom. The Kier molecular flexibility index (Phi) is 3.28. The first-order chi connectivity index (χ1) is 6.60. The van der Waals surface area contributed by atoms with Crippen LogP contribution in [0.1, 0.15) is 12.5 Å². The minimum atomic E-state index is -2.90. The summed E-state index contributed by atoms with van der Waals surface area (Å²) in [7, 11) is -2.90. The Balaban J connectivity index is 3.18. The van der Waals surface area contributed by atoms with Crippen LogP contribution >= 0.6 is 0 Å². The van der Waals surface area contributed by atoms with E-state index in [0.717, 1.165) is 12.0 Å². The summed E-state index contributed by atoms with van der Waals surface area (Å²) in [6.07, 6.45) is 5.86. The Bertz CT molecular complexity index is 462. The van der Waals surface area contributed by atoms with E-state index in [2.05, 4.69) is 4.36 Å². The quantitative estimate of drug-likeness (QED) is 0.736. The van der Waals surface area contributed by atoms with Crippen LogP contribution in [0.15, 0.2) is 33.5 Å². The minimum absolute atomic E-state index is 0.465. The van der Waals surface area contributed by atoms with Crippen molar-refractivity contribution in [2.45, 2.75) is 18.2 Å². The zero-order valence-corrected chi connectivity index (χ0v) is 8.75. The summed E-state index contributed by atoms with van der Waals surface area (Å²) in [5, 5.41) is 5.46. The number of benzene rings is 1. The average Bonchev–Trinajstić information content (AvgIpc) is 2.18. The lowest BCUT2D eigenvalue weighted by molar-refractivity contribution is 0.678. The summed E-state index contributed by atoms with van der Waals surface area (Å²) >= 11 is 0. The molecule has 0 aliphatic rings. The van der Waals surface area contributed by atoms with Gasteiger partial charge in [-0.15, -0.1) is 4.36 Å². The van der Waals surface area contributed by atoms with E-state index in [4.69, 9.17) is 11.6 Å². The first-order valence-electron chi connectivity index (χ1n) is 4.18. The van der Waals surface area contributed by atoms with Crippen LogP contribution in [0.4, 0.5) is 0 Å². The second kappa shape index (κ2) is 4.27. The average molecular weight is 208 g/mol. The van der Waals surface area contributed by atoms with Gasteiger partial charge in [0.2, 0.25) is 0 Å². The van der Waals surface area contributed by atoms with Gasteiger partial charge >= 0.3 is 0 Å². The molecule has 0 aliphatic carbocycles. The summed E-state index contributed by atoms with van der Waals surface area (Å²) in [5.74, 6) is 0. The van der Waals surface area contributed by atoms with E-state index in [1.807, 2.05) is 25.1 Å². The van der Waals surface area contributed by atoms with E-state index in [1.54, 1.807) is 12.1 Å². The molecule has 0 saturated carbocycles. The maximum Gasteiger partial charge on any atom is 0.147 e. The molecule has 0 fully saturated rings. The van der Waals surface area contributed by atoms with Crippen LogP contribution in [0.5, 0.6) is 0 Å². The lowest BCUT2D eigenvalue weighted by atomic mass is 10.2. The van der Waals surface area contributed by atoms with Crippen molar-refractivity contribution < 1.29 is 4.21 Å². The molecule has 0 bridgehead atoms. The molecule has 14 heavy (non-hydrogen) atoms. The van der Waals surface area contributed by atoms with Crippen LogP contribution < -0.4 is 5.14 Å². The van der Waals surface area contributed by atoms with Crippen LogP contribution in [-0.4, -0.2) is 4.21 Å². The molecule has 0 saturated heterocycles. The highest BCUT2D eigenvalue weighted by atomic mass is 32.2. The predicted octanol–water partition coefficient (Wildman–Crippen LogP) is 1.54. The van der Waals surface area contributed by atoms with Gasteiger partial charge in [0, 0.05) is 6.04 Å². The summed E-state index contributed by atoms with van der Waals surface area (Å²) in [5.41, 5.74) is 1.16. The van der Waals surface area contributed by atoms with E-state index in [0.29, 0.717) is 4.90 Å². The molecule has 1 atom stereocenters. The lowest BCUT2D eigenvalue weighted by Gasteiger charge is -2.02. The predicted molar refractivity (Wildman–Crippen MR) is 57.7 cm³/mol.